The van der Waals surface area contributed by atoms with Gasteiger partial charge in [-0.05, 0) is 32.0 Å². The van der Waals surface area contributed by atoms with Crippen molar-refractivity contribution in [2.24, 2.45) is 0 Å². The first kappa shape index (κ1) is 15.5. The van der Waals surface area contributed by atoms with Crippen LogP contribution in [0.25, 0.3) is 0 Å². The van der Waals surface area contributed by atoms with Crippen LogP contribution >= 0.6 is 0 Å². The number of likely N-dealkylation sites (N-methyl/N-ethyl adjacent to an activating group) is 1. The van der Waals surface area contributed by atoms with Gasteiger partial charge in [-0.3, -0.25) is 0 Å². The maximum absolute atomic E-state index is 12.7. The van der Waals surface area contributed by atoms with Crippen molar-refractivity contribution in [1.29, 1.82) is 0 Å². The molecule has 20 heavy (non-hydrogen) atoms. The fourth-order valence-corrected chi connectivity index (χ4v) is 4.17. The Morgan fingerprint density at radius 2 is 2.30 bits per heavy atom. The lowest BCUT2D eigenvalue weighted by atomic mass is 10.1. The molecule has 1 N–H and O–H groups in total. The van der Waals surface area contributed by atoms with Gasteiger partial charge in [0, 0.05) is 26.2 Å². The highest BCUT2D eigenvalue weighted by molar-refractivity contribution is 7.86. The summed E-state index contributed by atoms with van der Waals surface area (Å²) in [5, 5.41) is 3.08. The second kappa shape index (κ2) is 6.71. The highest BCUT2D eigenvalue weighted by Gasteiger charge is 2.34. The third-order valence-corrected chi connectivity index (χ3v) is 5.65. The second-order valence-corrected chi connectivity index (χ2v) is 7.15. The summed E-state index contributed by atoms with van der Waals surface area (Å²) < 4.78 is 33.6. The monoisotopic (exact) mass is 301 g/mol. The molecule has 6 nitrogen and oxygen atoms in total. The number of hydrogen-bond donors (Lipinski definition) is 1. The van der Waals surface area contributed by atoms with E-state index in [0.29, 0.717) is 18.8 Å². The number of nitrogens with one attached hydrogen (secondary N) is 1. The summed E-state index contributed by atoms with van der Waals surface area (Å²) in [7, 11) is 0.0104. The number of furan rings is 1. The standard InChI is InChI=1S/C13H23N3O3S/c1-14-10-12-6-3-4-8-16(12)20(17,18)15(2)11-13-7-5-9-19-13/h5,7,9,12,14H,3-4,6,8,10-11H2,1-2H3. The van der Waals surface area contributed by atoms with E-state index in [2.05, 4.69) is 5.32 Å². The van der Waals surface area contributed by atoms with Gasteiger partial charge >= 0.3 is 0 Å². The van der Waals surface area contributed by atoms with Gasteiger partial charge in [0.2, 0.25) is 0 Å². The van der Waals surface area contributed by atoms with Crippen molar-refractivity contribution in [2.45, 2.75) is 31.8 Å². The van der Waals surface area contributed by atoms with Crippen molar-refractivity contribution in [2.75, 3.05) is 27.2 Å². The van der Waals surface area contributed by atoms with E-state index < -0.39 is 10.2 Å². The third kappa shape index (κ3) is 3.41. The molecule has 2 heterocycles. The molecular weight excluding hydrogens is 278 g/mol. The molecule has 1 aromatic rings. The zero-order chi connectivity index (χ0) is 14.6. The van der Waals surface area contributed by atoms with Crippen LogP contribution in [0, 0.1) is 0 Å². The van der Waals surface area contributed by atoms with Crippen molar-refractivity contribution in [3.63, 3.8) is 0 Å². The molecule has 114 valence electrons. The Balaban J connectivity index is 2.10. The molecule has 2 rings (SSSR count). The van der Waals surface area contributed by atoms with Gasteiger partial charge in [-0.2, -0.15) is 17.0 Å². The zero-order valence-corrected chi connectivity index (χ0v) is 12.9. The van der Waals surface area contributed by atoms with Gasteiger partial charge in [-0.15, -0.1) is 0 Å². The normalized spacial score (nSPS) is 21.4. The molecule has 0 bridgehead atoms. The smallest absolute Gasteiger partial charge is 0.282 e. The number of piperidine rings is 1. The topological polar surface area (TPSA) is 65.8 Å². The van der Waals surface area contributed by atoms with Crippen LogP contribution < -0.4 is 5.32 Å². The molecule has 1 saturated heterocycles. The Morgan fingerprint density at radius 1 is 1.50 bits per heavy atom. The highest BCUT2D eigenvalue weighted by Crippen LogP contribution is 2.22. The van der Waals surface area contributed by atoms with Gasteiger partial charge in [-0.1, -0.05) is 6.42 Å². The summed E-state index contributed by atoms with van der Waals surface area (Å²) in [5.74, 6) is 0.651. The van der Waals surface area contributed by atoms with Crippen molar-refractivity contribution in [3.05, 3.63) is 24.2 Å². The Morgan fingerprint density at radius 3 is 2.95 bits per heavy atom. The summed E-state index contributed by atoms with van der Waals surface area (Å²) in [6.45, 7) is 1.54. The van der Waals surface area contributed by atoms with Crippen molar-refractivity contribution in [1.82, 2.24) is 13.9 Å². The second-order valence-electron chi connectivity index (χ2n) is 5.16. The molecule has 7 heteroatoms. The van der Waals surface area contributed by atoms with E-state index >= 15 is 0 Å². The van der Waals surface area contributed by atoms with Crippen LogP contribution in [0.5, 0.6) is 0 Å². The van der Waals surface area contributed by atoms with Crippen molar-refractivity contribution < 1.29 is 12.8 Å². The van der Waals surface area contributed by atoms with Crippen LogP contribution in [0.4, 0.5) is 0 Å². The molecule has 0 aliphatic carbocycles. The summed E-state index contributed by atoms with van der Waals surface area (Å²) in [4.78, 5) is 0. The van der Waals surface area contributed by atoms with E-state index in [4.69, 9.17) is 4.42 Å². The van der Waals surface area contributed by atoms with Crippen molar-refractivity contribution in [3.8, 4) is 0 Å². The van der Waals surface area contributed by atoms with Gasteiger partial charge in [-0.25, -0.2) is 0 Å². The minimum absolute atomic E-state index is 0.0396. The predicted molar refractivity (Wildman–Crippen MR) is 77.4 cm³/mol. The quantitative estimate of drug-likeness (QED) is 0.852. The van der Waals surface area contributed by atoms with Crippen LogP contribution in [-0.2, 0) is 16.8 Å². The lowest BCUT2D eigenvalue weighted by Gasteiger charge is -2.36. The van der Waals surface area contributed by atoms with Gasteiger partial charge in [0.15, 0.2) is 0 Å². The molecule has 1 fully saturated rings. The predicted octanol–water partition coefficient (Wildman–Crippen LogP) is 1.03. The molecule has 0 amide bonds. The first-order valence-electron chi connectivity index (χ1n) is 6.96. The molecule has 0 spiro atoms. The number of nitrogens with zero attached hydrogens (tertiary/aromatic N) is 2. The summed E-state index contributed by atoms with van der Waals surface area (Å²) in [6, 6.07) is 3.59. The molecule has 1 aliphatic rings. The fraction of sp³-hybridized carbons (Fsp3) is 0.692. The summed E-state index contributed by atoms with van der Waals surface area (Å²) in [5.41, 5.74) is 0. The Bertz CT molecular complexity index is 499. The van der Waals surface area contributed by atoms with E-state index in [-0.39, 0.29) is 12.6 Å². The van der Waals surface area contributed by atoms with Crippen LogP contribution in [0.1, 0.15) is 25.0 Å². The van der Waals surface area contributed by atoms with Gasteiger partial charge < -0.3 is 9.73 Å². The molecule has 1 atom stereocenters. The molecule has 1 aliphatic heterocycles. The maximum Gasteiger partial charge on any atom is 0.282 e. The van der Waals surface area contributed by atoms with E-state index in [1.807, 2.05) is 7.05 Å². The lowest BCUT2D eigenvalue weighted by molar-refractivity contribution is 0.230. The molecule has 1 unspecified atom stereocenters. The Kier molecular flexibility index (Phi) is 5.20. The third-order valence-electron chi connectivity index (χ3n) is 3.66. The lowest BCUT2D eigenvalue weighted by Crippen LogP contribution is -2.52. The summed E-state index contributed by atoms with van der Waals surface area (Å²) in [6.07, 6.45) is 4.48. The fourth-order valence-electron chi connectivity index (χ4n) is 2.60. The molecule has 0 radical (unpaired) electrons. The highest BCUT2D eigenvalue weighted by atomic mass is 32.2. The Labute approximate surface area is 120 Å². The van der Waals surface area contributed by atoms with Crippen LogP contribution in [0.3, 0.4) is 0 Å². The van der Waals surface area contributed by atoms with E-state index in [0.717, 1.165) is 19.3 Å². The average Bonchev–Trinajstić information content (AvgIpc) is 2.92. The van der Waals surface area contributed by atoms with Crippen LogP contribution in [-0.4, -0.2) is 50.3 Å². The maximum atomic E-state index is 12.7. The van der Waals surface area contributed by atoms with Gasteiger partial charge in [0.05, 0.1) is 12.8 Å². The van der Waals surface area contributed by atoms with E-state index in [1.165, 1.54) is 4.31 Å². The number of rotatable bonds is 6. The van der Waals surface area contributed by atoms with Crippen molar-refractivity contribution >= 4 is 10.2 Å². The SMILES string of the molecule is CNCC1CCCCN1S(=O)(=O)N(C)Cc1ccco1. The molecule has 1 aromatic heterocycles. The minimum Gasteiger partial charge on any atom is -0.468 e. The zero-order valence-electron chi connectivity index (χ0n) is 12.1. The van der Waals surface area contributed by atoms with Gasteiger partial charge in [0.1, 0.15) is 5.76 Å². The molecule has 0 aromatic carbocycles. The summed E-state index contributed by atoms with van der Waals surface area (Å²) >= 11 is 0. The average molecular weight is 301 g/mol. The minimum atomic E-state index is -3.44. The van der Waals surface area contributed by atoms with E-state index in [1.54, 1.807) is 29.7 Å². The Hall–Kier alpha value is -0.890. The van der Waals surface area contributed by atoms with Crippen LogP contribution in [0.2, 0.25) is 0 Å². The molecule has 0 saturated carbocycles. The largest absolute Gasteiger partial charge is 0.468 e. The first-order chi connectivity index (χ1) is 9.55. The van der Waals surface area contributed by atoms with Crippen LogP contribution in [0.15, 0.2) is 22.8 Å². The molecular formula is C13H23N3O3S. The first-order valence-corrected chi connectivity index (χ1v) is 8.35. The van der Waals surface area contributed by atoms with Gasteiger partial charge in [0.25, 0.3) is 10.2 Å². The number of hydrogen-bond acceptors (Lipinski definition) is 4. The van der Waals surface area contributed by atoms with E-state index in [9.17, 15) is 8.42 Å².